The maximum atomic E-state index is 4.19. The van der Waals surface area contributed by atoms with Crippen LogP contribution < -0.4 is 5.32 Å². The number of halogens is 1. The molecule has 0 aliphatic rings. The van der Waals surface area contributed by atoms with Crippen molar-refractivity contribution in [2.75, 3.05) is 5.32 Å². The summed E-state index contributed by atoms with van der Waals surface area (Å²) in [6.45, 7) is 8.32. The zero-order chi connectivity index (χ0) is 10.1. The number of hydrogen-bond donors (Lipinski definition) is 1. The van der Waals surface area contributed by atoms with Crippen molar-refractivity contribution in [3.8, 4) is 0 Å². The van der Waals surface area contributed by atoms with E-state index in [4.69, 9.17) is 0 Å². The van der Waals surface area contributed by atoms with E-state index < -0.39 is 0 Å². The van der Waals surface area contributed by atoms with Gasteiger partial charge in [0.1, 0.15) is 12.1 Å². The van der Waals surface area contributed by atoms with Gasteiger partial charge in [-0.2, -0.15) is 0 Å². The maximum Gasteiger partial charge on any atom is 0.143 e. The molecule has 0 aliphatic carbocycles. The average molecular weight is 291 g/mol. The van der Waals surface area contributed by atoms with E-state index in [0.717, 1.165) is 15.1 Å². The fourth-order valence-electron chi connectivity index (χ4n) is 0.900. The number of nitrogens with zero attached hydrogens (tertiary/aromatic N) is 2. The summed E-state index contributed by atoms with van der Waals surface area (Å²) in [6.07, 6.45) is 1.59. The topological polar surface area (TPSA) is 37.8 Å². The lowest BCUT2D eigenvalue weighted by Gasteiger charge is -2.22. The van der Waals surface area contributed by atoms with Crippen LogP contribution in [0.25, 0.3) is 0 Å². The highest BCUT2D eigenvalue weighted by Crippen LogP contribution is 2.20. The van der Waals surface area contributed by atoms with Crippen molar-refractivity contribution < 1.29 is 0 Å². The highest BCUT2D eigenvalue weighted by atomic mass is 127. The fourth-order valence-corrected chi connectivity index (χ4v) is 1.31. The molecule has 1 N–H and O–H groups in total. The molecule has 0 amide bonds. The standard InChI is InChI=1S/C9H14IN3/c1-6-7(10)8(12-5-11-6)13-9(2,3)4/h5H,1-4H3,(H,11,12,13). The molecule has 13 heavy (non-hydrogen) atoms. The largest absolute Gasteiger partial charge is 0.364 e. The Morgan fingerprint density at radius 2 is 1.92 bits per heavy atom. The molecule has 3 nitrogen and oxygen atoms in total. The first-order valence-electron chi connectivity index (χ1n) is 4.15. The molecule has 0 aliphatic heterocycles. The van der Waals surface area contributed by atoms with Gasteiger partial charge < -0.3 is 5.32 Å². The summed E-state index contributed by atoms with van der Waals surface area (Å²) in [6, 6.07) is 0. The van der Waals surface area contributed by atoms with Gasteiger partial charge in [-0.15, -0.1) is 0 Å². The highest BCUT2D eigenvalue weighted by molar-refractivity contribution is 14.1. The highest BCUT2D eigenvalue weighted by Gasteiger charge is 2.13. The van der Waals surface area contributed by atoms with Crippen LogP contribution in [0.1, 0.15) is 26.5 Å². The molecule has 0 saturated carbocycles. The Balaban J connectivity index is 2.96. The number of anilines is 1. The minimum atomic E-state index is 0.0424. The zero-order valence-corrected chi connectivity index (χ0v) is 10.5. The molecule has 0 aromatic carbocycles. The second-order valence-corrected chi connectivity index (χ2v) is 5.08. The molecule has 0 atom stereocenters. The third-order valence-corrected chi connectivity index (χ3v) is 2.75. The minimum Gasteiger partial charge on any atom is -0.364 e. The van der Waals surface area contributed by atoms with Crippen molar-refractivity contribution in [1.29, 1.82) is 0 Å². The minimum absolute atomic E-state index is 0.0424. The van der Waals surface area contributed by atoms with Crippen LogP contribution in [-0.2, 0) is 0 Å². The predicted octanol–water partition coefficient (Wildman–Crippen LogP) is 2.60. The molecule has 0 unspecified atom stereocenters. The number of nitrogens with one attached hydrogen (secondary N) is 1. The normalized spacial score (nSPS) is 11.5. The summed E-state index contributed by atoms with van der Waals surface area (Å²) in [5.74, 6) is 0.917. The van der Waals surface area contributed by atoms with Gasteiger partial charge in [-0.1, -0.05) is 0 Å². The van der Waals surface area contributed by atoms with Crippen LogP contribution in [0, 0.1) is 10.5 Å². The van der Waals surface area contributed by atoms with E-state index in [1.807, 2.05) is 6.92 Å². The van der Waals surface area contributed by atoms with E-state index in [2.05, 4.69) is 58.6 Å². The summed E-state index contributed by atoms with van der Waals surface area (Å²) in [5.41, 5.74) is 1.06. The van der Waals surface area contributed by atoms with Gasteiger partial charge >= 0.3 is 0 Å². The molecule has 4 heteroatoms. The van der Waals surface area contributed by atoms with E-state index in [0.29, 0.717) is 0 Å². The lowest BCUT2D eigenvalue weighted by Crippen LogP contribution is -2.27. The Morgan fingerprint density at radius 1 is 1.31 bits per heavy atom. The summed E-state index contributed by atoms with van der Waals surface area (Å²) in [7, 11) is 0. The Hall–Kier alpha value is -0.390. The lowest BCUT2D eigenvalue weighted by atomic mass is 10.1. The quantitative estimate of drug-likeness (QED) is 0.808. The Bertz CT molecular complexity index is 304. The number of aromatic nitrogens is 2. The van der Waals surface area contributed by atoms with Crippen LogP contribution in [0.15, 0.2) is 6.33 Å². The second-order valence-electron chi connectivity index (χ2n) is 4.00. The fraction of sp³-hybridized carbons (Fsp3) is 0.556. The first-order valence-corrected chi connectivity index (χ1v) is 5.23. The van der Waals surface area contributed by atoms with Crippen molar-refractivity contribution in [2.24, 2.45) is 0 Å². The summed E-state index contributed by atoms with van der Waals surface area (Å²) >= 11 is 2.26. The smallest absolute Gasteiger partial charge is 0.143 e. The van der Waals surface area contributed by atoms with Gasteiger partial charge in [-0.25, -0.2) is 9.97 Å². The maximum absolute atomic E-state index is 4.19. The Morgan fingerprint density at radius 3 is 2.46 bits per heavy atom. The van der Waals surface area contributed by atoms with Crippen LogP contribution in [-0.4, -0.2) is 15.5 Å². The predicted molar refractivity (Wildman–Crippen MR) is 62.9 cm³/mol. The molecule has 0 radical (unpaired) electrons. The van der Waals surface area contributed by atoms with Crippen LogP contribution in [0.4, 0.5) is 5.82 Å². The van der Waals surface area contributed by atoms with Gasteiger partial charge in [0.2, 0.25) is 0 Å². The van der Waals surface area contributed by atoms with E-state index in [-0.39, 0.29) is 5.54 Å². The van der Waals surface area contributed by atoms with E-state index >= 15 is 0 Å². The van der Waals surface area contributed by atoms with Crippen molar-refractivity contribution in [1.82, 2.24) is 9.97 Å². The van der Waals surface area contributed by atoms with Crippen molar-refractivity contribution in [3.05, 3.63) is 15.6 Å². The van der Waals surface area contributed by atoms with Crippen LogP contribution in [0.3, 0.4) is 0 Å². The van der Waals surface area contributed by atoms with Crippen molar-refractivity contribution >= 4 is 28.4 Å². The first-order chi connectivity index (χ1) is 5.90. The molecule has 1 aromatic heterocycles. The molecule has 0 saturated heterocycles. The molecular weight excluding hydrogens is 277 g/mol. The number of rotatable bonds is 1. The molecule has 0 fully saturated rings. The van der Waals surface area contributed by atoms with Gasteiger partial charge in [0.15, 0.2) is 0 Å². The number of hydrogen-bond acceptors (Lipinski definition) is 3. The third-order valence-electron chi connectivity index (χ3n) is 1.46. The summed E-state index contributed by atoms with van der Waals surface area (Å²) in [5, 5.41) is 3.33. The van der Waals surface area contributed by atoms with Gasteiger partial charge in [-0.3, -0.25) is 0 Å². The van der Waals surface area contributed by atoms with E-state index in [9.17, 15) is 0 Å². The van der Waals surface area contributed by atoms with Crippen LogP contribution in [0.2, 0.25) is 0 Å². The molecule has 1 heterocycles. The Labute approximate surface area is 92.5 Å². The summed E-state index contributed by atoms with van der Waals surface area (Å²) < 4.78 is 1.09. The average Bonchev–Trinajstić information content (AvgIpc) is 1.96. The third kappa shape index (κ3) is 3.10. The molecule has 0 spiro atoms. The van der Waals surface area contributed by atoms with Gasteiger partial charge in [-0.05, 0) is 50.3 Å². The van der Waals surface area contributed by atoms with Crippen LogP contribution in [0.5, 0.6) is 0 Å². The molecular formula is C9H14IN3. The van der Waals surface area contributed by atoms with Crippen LogP contribution >= 0.6 is 22.6 Å². The van der Waals surface area contributed by atoms with Gasteiger partial charge in [0.05, 0.1) is 9.26 Å². The molecule has 0 bridgehead atoms. The second kappa shape index (κ2) is 3.77. The molecule has 72 valence electrons. The van der Waals surface area contributed by atoms with Crippen molar-refractivity contribution in [2.45, 2.75) is 33.2 Å². The van der Waals surface area contributed by atoms with E-state index in [1.54, 1.807) is 6.33 Å². The SMILES string of the molecule is Cc1ncnc(NC(C)(C)C)c1I. The lowest BCUT2D eigenvalue weighted by molar-refractivity contribution is 0.629. The first kappa shape index (κ1) is 10.7. The number of aryl methyl sites for hydroxylation is 1. The zero-order valence-electron chi connectivity index (χ0n) is 8.35. The van der Waals surface area contributed by atoms with E-state index in [1.165, 1.54) is 0 Å². The van der Waals surface area contributed by atoms with Crippen molar-refractivity contribution in [3.63, 3.8) is 0 Å². The van der Waals surface area contributed by atoms with Gasteiger partial charge in [0.25, 0.3) is 0 Å². The van der Waals surface area contributed by atoms with Gasteiger partial charge in [0, 0.05) is 5.54 Å². The molecule has 1 rings (SSSR count). The summed E-state index contributed by atoms with van der Waals surface area (Å²) in [4.78, 5) is 8.31. The molecule has 1 aromatic rings. The Kier molecular flexibility index (Phi) is 3.10. The monoisotopic (exact) mass is 291 g/mol.